The number of hydrogen-bond acceptors (Lipinski definition) is 3. The Balaban J connectivity index is 1.62. The normalized spacial score (nSPS) is 15.0. The van der Waals surface area contributed by atoms with Gasteiger partial charge in [0.1, 0.15) is 0 Å². The Bertz CT molecular complexity index is 1060. The lowest BCUT2D eigenvalue weighted by molar-refractivity contribution is 0.102. The van der Waals surface area contributed by atoms with Gasteiger partial charge in [-0.2, -0.15) is 5.10 Å². The van der Waals surface area contributed by atoms with Gasteiger partial charge in [0, 0.05) is 17.6 Å². The summed E-state index contributed by atoms with van der Waals surface area (Å²) in [4.78, 5) is 17.8. The summed E-state index contributed by atoms with van der Waals surface area (Å²) >= 11 is 0. The van der Waals surface area contributed by atoms with E-state index in [4.69, 9.17) is 5.10 Å². The third kappa shape index (κ3) is 4.04. The molecule has 2 heterocycles. The zero-order valence-corrected chi connectivity index (χ0v) is 17.9. The summed E-state index contributed by atoms with van der Waals surface area (Å²) in [6, 6.07) is 7.91. The van der Waals surface area contributed by atoms with Gasteiger partial charge in [-0.1, -0.05) is 30.9 Å². The van der Waals surface area contributed by atoms with Crippen LogP contribution >= 0.6 is 0 Å². The van der Waals surface area contributed by atoms with Gasteiger partial charge < -0.3 is 5.32 Å². The van der Waals surface area contributed by atoms with Crippen LogP contribution in [0.2, 0.25) is 0 Å². The number of nitrogens with one attached hydrogen (secondary N) is 1. The third-order valence-electron chi connectivity index (χ3n) is 6.11. The molecule has 152 valence electrons. The summed E-state index contributed by atoms with van der Waals surface area (Å²) < 4.78 is 2.08. The number of benzene rings is 1. The number of anilines is 1. The molecule has 5 heteroatoms. The van der Waals surface area contributed by atoms with Crippen LogP contribution in [0.15, 0.2) is 24.3 Å². The first kappa shape index (κ1) is 19.6. The van der Waals surface area contributed by atoms with Gasteiger partial charge in [0.15, 0.2) is 0 Å². The van der Waals surface area contributed by atoms with Gasteiger partial charge in [0.2, 0.25) is 0 Å². The lowest BCUT2D eigenvalue weighted by Gasteiger charge is -2.22. The maximum Gasteiger partial charge on any atom is 0.256 e. The predicted octanol–water partition coefficient (Wildman–Crippen LogP) is 5.50. The molecule has 1 aliphatic rings. The van der Waals surface area contributed by atoms with E-state index in [0.717, 1.165) is 45.8 Å². The second kappa shape index (κ2) is 7.97. The van der Waals surface area contributed by atoms with Crippen LogP contribution in [-0.4, -0.2) is 20.7 Å². The maximum atomic E-state index is 13.2. The van der Waals surface area contributed by atoms with Gasteiger partial charge in [-0.05, 0) is 64.7 Å². The van der Waals surface area contributed by atoms with Crippen molar-refractivity contribution in [2.24, 2.45) is 5.92 Å². The van der Waals surface area contributed by atoms with Crippen LogP contribution in [0.4, 0.5) is 5.69 Å². The van der Waals surface area contributed by atoms with Crippen molar-refractivity contribution in [3.63, 3.8) is 0 Å². The number of rotatable bonds is 4. The number of nitrogens with zero attached hydrogens (tertiary/aromatic N) is 3. The van der Waals surface area contributed by atoms with Crippen LogP contribution in [-0.2, 0) is 6.54 Å². The molecule has 2 aromatic heterocycles. The van der Waals surface area contributed by atoms with Crippen molar-refractivity contribution in [1.82, 2.24) is 14.8 Å². The van der Waals surface area contributed by atoms with E-state index in [1.807, 2.05) is 45.0 Å². The van der Waals surface area contributed by atoms with Gasteiger partial charge in [0.05, 0.1) is 28.2 Å². The highest BCUT2D eigenvalue weighted by Crippen LogP contribution is 2.28. The fraction of sp³-hybridized carbons (Fsp3) is 0.458. The zero-order chi connectivity index (χ0) is 20.5. The highest BCUT2D eigenvalue weighted by molar-refractivity contribution is 6.12. The van der Waals surface area contributed by atoms with Crippen molar-refractivity contribution >= 4 is 22.5 Å². The van der Waals surface area contributed by atoms with E-state index in [1.165, 1.54) is 32.1 Å². The molecule has 0 unspecified atom stereocenters. The predicted molar refractivity (Wildman–Crippen MR) is 117 cm³/mol. The highest BCUT2D eigenvalue weighted by Gasteiger charge is 2.20. The number of amides is 1. The average Bonchev–Trinajstić information content (AvgIpc) is 2.96. The molecular formula is C24H30N4O. The molecule has 1 aliphatic carbocycles. The second-order valence-electron chi connectivity index (χ2n) is 8.52. The van der Waals surface area contributed by atoms with Crippen molar-refractivity contribution in [2.45, 2.75) is 66.3 Å². The SMILES string of the molecule is Cc1ccc2nc(C)cc(C(=O)Nc3c(C)nn(CC4CCCCC4)c3C)c2c1. The Morgan fingerprint density at radius 2 is 1.86 bits per heavy atom. The first-order valence-electron chi connectivity index (χ1n) is 10.7. The molecule has 4 rings (SSSR count). The van der Waals surface area contributed by atoms with Crippen molar-refractivity contribution in [2.75, 3.05) is 5.32 Å². The molecule has 1 amide bonds. The Kier molecular flexibility index (Phi) is 5.39. The Labute approximate surface area is 172 Å². The smallest absolute Gasteiger partial charge is 0.256 e. The number of aryl methyl sites for hydroxylation is 3. The number of carbonyl (C=O) groups is 1. The van der Waals surface area contributed by atoms with Crippen LogP contribution in [0.5, 0.6) is 0 Å². The molecule has 0 aliphatic heterocycles. The number of pyridine rings is 1. The number of fused-ring (bicyclic) bond motifs is 1. The largest absolute Gasteiger partial charge is 0.319 e. The van der Waals surface area contributed by atoms with Crippen molar-refractivity contribution < 1.29 is 4.79 Å². The highest BCUT2D eigenvalue weighted by atomic mass is 16.1. The molecule has 1 N–H and O–H groups in total. The van der Waals surface area contributed by atoms with Crippen LogP contribution in [0.1, 0.15) is 65.1 Å². The summed E-state index contributed by atoms with van der Waals surface area (Å²) in [6.45, 7) is 8.93. The number of hydrogen-bond donors (Lipinski definition) is 1. The molecular weight excluding hydrogens is 360 g/mol. The Morgan fingerprint density at radius 1 is 1.10 bits per heavy atom. The second-order valence-corrected chi connectivity index (χ2v) is 8.52. The van der Waals surface area contributed by atoms with E-state index in [9.17, 15) is 4.79 Å². The van der Waals surface area contributed by atoms with Crippen molar-refractivity contribution in [1.29, 1.82) is 0 Å². The van der Waals surface area contributed by atoms with E-state index in [1.54, 1.807) is 0 Å². The van der Waals surface area contributed by atoms with E-state index >= 15 is 0 Å². The fourth-order valence-electron chi connectivity index (χ4n) is 4.51. The van der Waals surface area contributed by atoms with E-state index in [0.29, 0.717) is 11.5 Å². The third-order valence-corrected chi connectivity index (χ3v) is 6.11. The first-order valence-corrected chi connectivity index (χ1v) is 10.7. The standard InChI is InChI=1S/C24H30N4O/c1-15-10-11-22-20(12-15)21(13-16(2)25-22)24(29)26-23-17(3)27-28(18(23)4)14-19-8-6-5-7-9-19/h10-13,19H,5-9,14H2,1-4H3,(H,26,29). The molecule has 5 nitrogen and oxygen atoms in total. The minimum atomic E-state index is -0.102. The van der Waals surface area contributed by atoms with Gasteiger partial charge in [-0.15, -0.1) is 0 Å². The van der Waals surface area contributed by atoms with Crippen LogP contribution in [0, 0.1) is 33.6 Å². The quantitative estimate of drug-likeness (QED) is 0.640. The van der Waals surface area contributed by atoms with Crippen LogP contribution < -0.4 is 5.32 Å². The molecule has 0 atom stereocenters. The van der Waals surface area contributed by atoms with E-state index in [-0.39, 0.29) is 5.91 Å². The lowest BCUT2D eigenvalue weighted by Crippen LogP contribution is -2.17. The minimum Gasteiger partial charge on any atom is -0.319 e. The molecule has 1 fully saturated rings. The van der Waals surface area contributed by atoms with Gasteiger partial charge in [-0.25, -0.2) is 0 Å². The molecule has 0 spiro atoms. The summed E-state index contributed by atoms with van der Waals surface area (Å²) in [5, 5.41) is 8.76. The fourth-order valence-corrected chi connectivity index (χ4v) is 4.51. The minimum absolute atomic E-state index is 0.102. The topological polar surface area (TPSA) is 59.8 Å². The molecule has 0 bridgehead atoms. The van der Waals surface area contributed by atoms with Gasteiger partial charge in [0.25, 0.3) is 5.91 Å². The summed E-state index contributed by atoms with van der Waals surface area (Å²) in [6.07, 6.45) is 6.56. The lowest BCUT2D eigenvalue weighted by atomic mass is 9.89. The monoisotopic (exact) mass is 390 g/mol. The molecule has 0 saturated heterocycles. The van der Waals surface area contributed by atoms with E-state index in [2.05, 4.69) is 21.9 Å². The Morgan fingerprint density at radius 3 is 2.62 bits per heavy atom. The zero-order valence-electron chi connectivity index (χ0n) is 17.9. The van der Waals surface area contributed by atoms with Gasteiger partial charge in [-0.3, -0.25) is 14.5 Å². The molecule has 1 saturated carbocycles. The number of carbonyl (C=O) groups excluding carboxylic acids is 1. The Hall–Kier alpha value is -2.69. The summed E-state index contributed by atoms with van der Waals surface area (Å²) in [5.41, 5.74) is 6.21. The van der Waals surface area contributed by atoms with Crippen LogP contribution in [0.3, 0.4) is 0 Å². The maximum absolute atomic E-state index is 13.2. The molecule has 0 radical (unpaired) electrons. The first-order chi connectivity index (χ1) is 13.9. The molecule has 29 heavy (non-hydrogen) atoms. The van der Waals surface area contributed by atoms with Crippen molar-refractivity contribution in [3.05, 3.63) is 52.5 Å². The molecule has 1 aromatic carbocycles. The van der Waals surface area contributed by atoms with Crippen LogP contribution in [0.25, 0.3) is 10.9 Å². The summed E-state index contributed by atoms with van der Waals surface area (Å²) in [5.74, 6) is 0.592. The summed E-state index contributed by atoms with van der Waals surface area (Å²) in [7, 11) is 0. The number of aromatic nitrogens is 3. The van der Waals surface area contributed by atoms with Crippen molar-refractivity contribution in [3.8, 4) is 0 Å². The average molecular weight is 391 g/mol. The van der Waals surface area contributed by atoms with Gasteiger partial charge >= 0.3 is 0 Å². The van der Waals surface area contributed by atoms with E-state index < -0.39 is 0 Å². The molecule has 3 aromatic rings.